The van der Waals surface area contributed by atoms with E-state index in [4.69, 9.17) is 16.0 Å². The average molecular weight is 434 g/mol. The standard InChI is InChI=1S/C25H17ClFNO3/c1-14-6-8-15(9-7-14)22-21-23(29)18-12-17(27)10-11-20(18)31-24(21)25(30)28(22)13-16-4-2-3-5-19(16)26/h2-12,22H,13H2,1H3. The number of hydrogen-bond donors (Lipinski definition) is 0. The molecule has 0 saturated carbocycles. The van der Waals surface area contributed by atoms with Crippen LogP contribution in [0.15, 0.2) is 75.9 Å². The third-order valence-electron chi connectivity index (χ3n) is 5.62. The van der Waals surface area contributed by atoms with Crippen LogP contribution in [0.1, 0.15) is 38.9 Å². The predicted molar refractivity (Wildman–Crippen MR) is 117 cm³/mol. The SMILES string of the molecule is Cc1ccc(C2c3c(oc4ccc(F)cc4c3=O)C(=O)N2Cc2ccccc2Cl)cc1. The van der Waals surface area contributed by atoms with Crippen LogP contribution in [0, 0.1) is 12.7 Å². The fourth-order valence-corrected chi connectivity index (χ4v) is 4.26. The molecule has 4 nitrogen and oxygen atoms in total. The maximum Gasteiger partial charge on any atom is 0.291 e. The number of rotatable bonds is 3. The molecule has 1 aromatic heterocycles. The maximum absolute atomic E-state index is 13.8. The zero-order chi connectivity index (χ0) is 21.7. The van der Waals surface area contributed by atoms with Gasteiger partial charge in [-0.25, -0.2) is 4.39 Å². The van der Waals surface area contributed by atoms with Gasteiger partial charge >= 0.3 is 0 Å². The van der Waals surface area contributed by atoms with Crippen molar-refractivity contribution in [3.8, 4) is 0 Å². The summed E-state index contributed by atoms with van der Waals surface area (Å²) in [6.07, 6.45) is 0. The Morgan fingerprint density at radius 3 is 2.52 bits per heavy atom. The summed E-state index contributed by atoms with van der Waals surface area (Å²) >= 11 is 6.35. The summed E-state index contributed by atoms with van der Waals surface area (Å²) in [5, 5.41) is 0.642. The molecule has 154 valence electrons. The quantitative estimate of drug-likeness (QED) is 0.420. The van der Waals surface area contributed by atoms with E-state index in [1.807, 2.05) is 49.4 Å². The third kappa shape index (κ3) is 3.22. The zero-order valence-corrected chi connectivity index (χ0v) is 17.3. The van der Waals surface area contributed by atoms with E-state index in [1.165, 1.54) is 12.1 Å². The predicted octanol–water partition coefficient (Wildman–Crippen LogP) is 5.64. The minimum absolute atomic E-state index is 0.0123. The molecule has 4 aromatic rings. The van der Waals surface area contributed by atoms with Gasteiger partial charge in [0.15, 0.2) is 5.43 Å². The van der Waals surface area contributed by atoms with E-state index in [0.717, 1.165) is 22.8 Å². The van der Waals surface area contributed by atoms with Crippen LogP contribution < -0.4 is 5.43 Å². The Morgan fingerprint density at radius 1 is 1.03 bits per heavy atom. The second-order valence-electron chi connectivity index (χ2n) is 7.65. The van der Waals surface area contributed by atoms with Gasteiger partial charge in [-0.15, -0.1) is 0 Å². The van der Waals surface area contributed by atoms with Crippen molar-refractivity contribution in [1.82, 2.24) is 4.90 Å². The number of amides is 1. The number of hydrogen-bond acceptors (Lipinski definition) is 3. The van der Waals surface area contributed by atoms with Gasteiger partial charge in [-0.05, 0) is 42.3 Å². The highest BCUT2D eigenvalue weighted by molar-refractivity contribution is 6.31. The van der Waals surface area contributed by atoms with Crippen molar-refractivity contribution in [3.63, 3.8) is 0 Å². The molecule has 2 heterocycles. The summed E-state index contributed by atoms with van der Waals surface area (Å²) in [7, 11) is 0. The van der Waals surface area contributed by atoms with Crippen LogP contribution in [0.4, 0.5) is 4.39 Å². The first-order valence-electron chi connectivity index (χ1n) is 9.81. The monoisotopic (exact) mass is 433 g/mol. The van der Waals surface area contributed by atoms with Gasteiger partial charge in [0.1, 0.15) is 11.4 Å². The lowest BCUT2D eigenvalue weighted by molar-refractivity contribution is 0.0714. The van der Waals surface area contributed by atoms with E-state index >= 15 is 0 Å². The highest BCUT2D eigenvalue weighted by Gasteiger charge is 2.42. The van der Waals surface area contributed by atoms with Crippen LogP contribution in [-0.4, -0.2) is 10.8 Å². The molecule has 1 aliphatic rings. The molecule has 0 fully saturated rings. The van der Waals surface area contributed by atoms with Crippen molar-refractivity contribution in [2.45, 2.75) is 19.5 Å². The van der Waals surface area contributed by atoms with E-state index in [-0.39, 0.29) is 28.8 Å². The molecule has 1 atom stereocenters. The zero-order valence-electron chi connectivity index (χ0n) is 16.6. The van der Waals surface area contributed by atoms with E-state index in [9.17, 15) is 14.0 Å². The molecular formula is C25H17ClFNO3. The number of benzene rings is 3. The molecule has 1 aliphatic heterocycles. The second kappa shape index (κ2) is 7.36. The molecule has 1 amide bonds. The maximum atomic E-state index is 13.8. The van der Waals surface area contributed by atoms with E-state index in [1.54, 1.807) is 11.0 Å². The van der Waals surface area contributed by atoms with E-state index < -0.39 is 23.2 Å². The smallest absolute Gasteiger partial charge is 0.291 e. The number of halogens is 2. The summed E-state index contributed by atoms with van der Waals surface area (Å²) in [5.74, 6) is -0.950. The van der Waals surface area contributed by atoms with Crippen LogP contribution in [-0.2, 0) is 6.54 Å². The van der Waals surface area contributed by atoms with E-state index in [0.29, 0.717) is 5.02 Å². The first kappa shape index (κ1) is 19.5. The van der Waals surface area contributed by atoms with Crippen LogP contribution in [0.2, 0.25) is 5.02 Å². The average Bonchev–Trinajstić information content (AvgIpc) is 3.03. The molecule has 6 heteroatoms. The highest BCUT2D eigenvalue weighted by atomic mass is 35.5. The molecule has 1 unspecified atom stereocenters. The van der Waals surface area contributed by atoms with Crippen LogP contribution in [0.5, 0.6) is 0 Å². The van der Waals surface area contributed by atoms with Crippen molar-refractivity contribution >= 4 is 28.5 Å². The first-order chi connectivity index (χ1) is 14.9. The van der Waals surface area contributed by atoms with Crippen LogP contribution >= 0.6 is 11.6 Å². The highest BCUT2D eigenvalue weighted by Crippen LogP contribution is 2.39. The number of carbonyl (C=O) groups is 1. The molecule has 0 radical (unpaired) electrons. The topological polar surface area (TPSA) is 50.5 Å². The summed E-state index contributed by atoms with van der Waals surface area (Å²) in [6, 6.07) is 17.9. The van der Waals surface area contributed by atoms with Crippen LogP contribution in [0.3, 0.4) is 0 Å². The fourth-order valence-electron chi connectivity index (χ4n) is 4.06. The molecule has 0 spiro atoms. The Kier molecular flexibility index (Phi) is 4.63. The van der Waals surface area contributed by atoms with Crippen molar-refractivity contribution < 1.29 is 13.6 Å². The Bertz CT molecular complexity index is 1390. The molecular weight excluding hydrogens is 417 g/mol. The molecule has 5 rings (SSSR count). The van der Waals surface area contributed by atoms with E-state index in [2.05, 4.69) is 0 Å². The molecule has 0 bridgehead atoms. The lowest BCUT2D eigenvalue weighted by Gasteiger charge is -2.25. The minimum atomic E-state index is -0.664. The number of nitrogens with zero attached hydrogens (tertiary/aromatic N) is 1. The van der Waals surface area contributed by atoms with Crippen molar-refractivity contribution in [3.05, 3.63) is 116 Å². The lowest BCUT2D eigenvalue weighted by Crippen LogP contribution is -2.29. The van der Waals surface area contributed by atoms with Gasteiger partial charge in [-0.2, -0.15) is 0 Å². The first-order valence-corrected chi connectivity index (χ1v) is 10.2. The van der Waals surface area contributed by atoms with Gasteiger partial charge in [-0.1, -0.05) is 59.6 Å². The number of carbonyl (C=O) groups excluding carboxylic acids is 1. The fraction of sp³-hybridized carbons (Fsp3) is 0.120. The molecule has 0 N–H and O–H groups in total. The molecule has 3 aromatic carbocycles. The molecule has 0 aliphatic carbocycles. The second-order valence-corrected chi connectivity index (χ2v) is 8.06. The van der Waals surface area contributed by atoms with Gasteiger partial charge in [-0.3, -0.25) is 9.59 Å². The Labute approximate surface area is 182 Å². The van der Waals surface area contributed by atoms with Gasteiger partial charge < -0.3 is 9.32 Å². The normalized spacial score (nSPS) is 15.5. The van der Waals surface area contributed by atoms with Gasteiger partial charge in [0.25, 0.3) is 5.91 Å². The largest absolute Gasteiger partial charge is 0.450 e. The summed E-state index contributed by atoms with van der Waals surface area (Å²) in [5.41, 5.74) is 2.58. The summed E-state index contributed by atoms with van der Waals surface area (Å²) < 4.78 is 19.7. The number of fused-ring (bicyclic) bond motifs is 2. The Hall–Kier alpha value is -3.44. The minimum Gasteiger partial charge on any atom is -0.450 e. The van der Waals surface area contributed by atoms with Crippen molar-refractivity contribution in [1.29, 1.82) is 0 Å². The number of aryl methyl sites for hydroxylation is 1. The molecule has 31 heavy (non-hydrogen) atoms. The Balaban J connectivity index is 1.74. The van der Waals surface area contributed by atoms with Gasteiger partial charge in [0.05, 0.1) is 17.0 Å². The Morgan fingerprint density at radius 2 is 1.77 bits per heavy atom. The van der Waals surface area contributed by atoms with Crippen LogP contribution in [0.25, 0.3) is 11.0 Å². The molecule has 0 saturated heterocycles. The van der Waals surface area contributed by atoms with Crippen molar-refractivity contribution in [2.24, 2.45) is 0 Å². The van der Waals surface area contributed by atoms with Gasteiger partial charge in [0.2, 0.25) is 5.76 Å². The summed E-state index contributed by atoms with van der Waals surface area (Å²) in [4.78, 5) is 28.4. The van der Waals surface area contributed by atoms with Crippen molar-refractivity contribution in [2.75, 3.05) is 0 Å². The van der Waals surface area contributed by atoms with Gasteiger partial charge in [0, 0.05) is 11.6 Å². The summed E-state index contributed by atoms with van der Waals surface area (Å²) in [6.45, 7) is 2.16. The third-order valence-corrected chi connectivity index (χ3v) is 5.99. The lowest BCUT2D eigenvalue weighted by atomic mass is 9.97.